The highest BCUT2D eigenvalue weighted by Crippen LogP contribution is 2.17. The molecule has 0 bridgehead atoms. The lowest BCUT2D eigenvalue weighted by Crippen LogP contribution is -2.44. The second-order valence-corrected chi connectivity index (χ2v) is 7.62. The summed E-state index contributed by atoms with van der Waals surface area (Å²) in [7, 11) is 0. The van der Waals surface area contributed by atoms with E-state index < -0.39 is 17.7 Å². The van der Waals surface area contributed by atoms with Crippen molar-refractivity contribution >= 4 is 27.8 Å². The number of benzene rings is 1. The number of ether oxygens (including phenoxy) is 1. The van der Waals surface area contributed by atoms with Crippen LogP contribution in [0.5, 0.6) is 0 Å². The number of carbonyl (C=O) groups is 2. The summed E-state index contributed by atoms with van der Waals surface area (Å²) in [4.78, 5) is 24.6. The summed E-state index contributed by atoms with van der Waals surface area (Å²) in [5.74, 6) is 0.164. The third kappa shape index (κ3) is 6.60. The molecule has 0 saturated carbocycles. The number of Topliss-reactive ketones (excluding diaryl/α,β-unsaturated/α-hetero) is 1. The molecule has 22 heavy (non-hydrogen) atoms. The molecule has 1 N–H and O–H groups in total. The molecular formula is C17H24BrNO3. The van der Waals surface area contributed by atoms with Crippen molar-refractivity contribution in [3.63, 3.8) is 0 Å². The van der Waals surface area contributed by atoms with Crippen LogP contribution in [-0.2, 0) is 4.74 Å². The fraction of sp³-hybridized carbons (Fsp3) is 0.529. The number of rotatable bonds is 5. The van der Waals surface area contributed by atoms with Crippen LogP contribution >= 0.6 is 15.9 Å². The first kappa shape index (κ1) is 18.7. The average Bonchev–Trinajstić information content (AvgIpc) is 2.34. The molecule has 0 aromatic heterocycles. The highest BCUT2D eigenvalue weighted by Gasteiger charge is 2.26. The lowest BCUT2D eigenvalue weighted by molar-refractivity contribution is 0.0485. The molecule has 0 aliphatic carbocycles. The Hall–Kier alpha value is -1.36. The Morgan fingerprint density at radius 1 is 1.27 bits per heavy atom. The predicted molar refractivity (Wildman–Crippen MR) is 91.1 cm³/mol. The van der Waals surface area contributed by atoms with Crippen LogP contribution in [0.2, 0.25) is 0 Å². The van der Waals surface area contributed by atoms with Gasteiger partial charge in [-0.3, -0.25) is 4.79 Å². The van der Waals surface area contributed by atoms with Crippen LogP contribution in [0.1, 0.15) is 51.4 Å². The van der Waals surface area contributed by atoms with Crippen molar-refractivity contribution in [2.45, 2.75) is 52.7 Å². The first-order valence-corrected chi connectivity index (χ1v) is 8.17. The summed E-state index contributed by atoms with van der Waals surface area (Å²) in [6, 6.07) is 6.57. The van der Waals surface area contributed by atoms with Crippen LogP contribution < -0.4 is 5.32 Å². The standard InChI is InChI=1S/C17H24BrNO3/c1-11(2)9-14(19-16(21)22-17(3,4)5)15(20)12-7-6-8-13(18)10-12/h6-8,10-11,14H,9H2,1-5H3,(H,19,21)/t14-/m0/s1. The molecule has 5 heteroatoms. The molecule has 0 radical (unpaired) electrons. The van der Waals surface area contributed by atoms with Gasteiger partial charge >= 0.3 is 6.09 Å². The highest BCUT2D eigenvalue weighted by atomic mass is 79.9. The van der Waals surface area contributed by atoms with Gasteiger partial charge in [-0.25, -0.2) is 4.79 Å². The smallest absolute Gasteiger partial charge is 0.408 e. The number of halogens is 1. The van der Waals surface area contributed by atoms with E-state index in [0.717, 1.165) is 4.47 Å². The molecule has 1 amide bonds. The minimum atomic E-state index is -0.593. The van der Waals surface area contributed by atoms with Crippen molar-refractivity contribution in [1.29, 1.82) is 0 Å². The Morgan fingerprint density at radius 2 is 1.91 bits per heavy atom. The first-order chi connectivity index (χ1) is 10.1. The summed E-state index contributed by atoms with van der Waals surface area (Å²) in [5, 5.41) is 2.70. The van der Waals surface area contributed by atoms with Crippen molar-refractivity contribution in [1.82, 2.24) is 5.32 Å². The molecule has 0 saturated heterocycles. The third-order valence-electron chi connectivity index (χ3n) is 2.82. The van der Waals surface area contributed by atoms with Crippen molar-refractivity contribution in [3.05, 3.63) is 34.3 Å². The zero-order chi connectivity index (χ0) is 16.9. The number of amides is 1. The highest BCUT2D eigenvalue weighted by molar-refractivity contribution is 9.10. The minimum Gasteiger partial charge on any atom is -0.444 e. The van der Waals surface area contributed by atoms with Gasteiger partial charge in [-0.15, -0.1) is 0 Å². The number of alkyl carbamates (subject to hydrolysis) is 1. The summed E-state index contributed by atoms with van der Waals surface area (Å²) < 4.78 is 6.08. The summed E-state index contributed by atoms with van der Waals surface area (Å²) in [6.45, 7) is 9.40. The van der Waals surface area contributed by atoms with E-state index in [2.05, 4.69) is 21.2 Å². The quantitative estimate of drug-likeness (QED) is 0.773. The van der Waals surface area contributed by atoms with Crippen LogP contribution in [0.15, 0.2) is 28.7 Å². The maximum atomic E-state index is 12.6. The van der Waals surface area contributed by atoms with Gasteiger partial charge in [0.05, 0.1) is 6.04 Å². The first-order valence-electron chi connectivity index (χ1n) is 7.38. The van der Waals surface area contributed by atoms with Crippen LogP contribution in [0, 0.1) is 5.92 Å². The zero-order valence-corrected chi connectivity index (χ0v) is 15.4. The molecule has 4 nitrogen and oxygen atoms in total. The van der Waals surface area contributed by atoms with E-state index in [1.807, 2.05) is 19.9 Å². The van der Waals surface area contributed by atoms with E-state index >= 15 is 0 Å². The van der Waals surface area contributed by atoms with Gasteiger partial charge in [0.2, 0.25) is 0 Å². The normalized spacial score (nSPS) is 12.9. The van der Waals surface area contributed by atoms with E-state index in [-0.39, 0.29) is 11.7 Å². The van der Waals surface area contributed by atoms with Gasteiger partial charge in [0.25, 0.3) is 0 Å². The topological polar surface area (TPSA) is 55.4 Å². The summed E-state index contributed by atoms with van der Waals surface area (Å²) in [6.07, 6.45) is -0.00795. The minimum absolute atomic E-state index is 0.110. The molecule has 0 fully saturated rings. The number of ketones is 1. The largest absolute Gasteiger partial charge is 0.444 e. The Labute approximate surface area is 140 Å². The number of nitrogens with one attached hydrogen (secondary N) is 1. The molecule has 0 heterocycles. The zero-order valence-electron chi connectivity index (χ0n) is 13.8. The Bertz CT molecular complexity index is 535. The number of hydrogen-bond donors (Lipinski definition) is 1. The molecular weight excluding hydrogens is 346 g/mol. The molecule has 1 atom stereocenters. The monoisotopic (exact) mass is 369 g/mol. The predicted octanol–water partition coefficient (Wildman–Crippen LogP) is 4.57. The second kappa shape index (κ2) is 7.77. The van der Waals surface area contributed by atoms with Gasteiger partial charge in [-0.1, -0.05) is 41.9 Å². The van der Waals surface area contributed by atoms with Crippen LogP contribution in [0.25, 0.3) is 0 Å². The van der Waals surface area contributed by atoms with E-state index in [1.54, 1.807) is 39.0 Å². The average molecular weight is 370 g/mol. The molecule has 1 rings (SSSR count). The van der Waals surface area contributed by atoms with Crippen molar-refractivity contribution < 1.29 is 14.3 Å². The Morgan fingerprint density at radius 3 is 2.41 bits per heavy atom. The molecule has 0 unspecified atom stereocenters. The Balaban J connectivity index is 2.88. The molecule has 0 aliphatic rings. The van der Waals surface area contributed by atoms with Gasteiger partial charge < -0.3 is 10.1 Å². The van der Waals surface area contributed by atoms with Crippen molar-refractivity contribution in [2.75, 3.05) is 0 Å². The maximum Gasteiger partial charge on any atom is 0.408 e. The van der Waals surface area contributed by atoms with Crippen LogP contribution in [0.4, 0.5) is 4.79 Å². The van der Waals surface area contributed by atoms with E-state index in [4.69, 9.17) is 4.74 Å². The lowest BCUT2D eigenvalue weighted by Gasteiger charge is -2.24. The van der Waals surface area contributed by atoms with Gasteiger partial charge in [0.1, 0.15) is 5.60 Å². The summed E-state index contributed by atoms with van der Waals surface area (Å²) >= 11 is 3.36. The van der Waals surface area contributed by atoms with Crippen LogP contribution in [-0.4, -0.2) is 23.5 Å². The summed E-state index contributed by atoms with van der Waals surface area (Å²) in [5.41, 5.74) is -0.0262. The van der Waals surface area contributed by atoms with E-state index in [1.165, 1.54) is 0 Å². The van der Waals surface area contributed by atoms with Gasteiger partial charge in [-0.05, 0) is 45.2 Å². The number of hydrogen-bond acceptors (Lipinski definition) is 3. The lowest BCUT2D eigenvalue weighted by atomic mass is 9.96. The fourth-order valence-electron chi connectivity index (χ4n) is 2.00. The Kier molecular flexibility index (Phi) is 6.60. The van der Waals surface area contributed by atoms with Crippen molar-refractivity contribution in [3.8, 4) is 0 Å². The molecule has 0 aliphatic heterocycles. The van der Waals surface area contributed by atoms with Gasteiger partial charge in [0.15, 0.2) is 5.78 Å². The fourth-order valence-corrected chi connectivity index (χ4v) is 2.39. The maximum absolute atomic E-state index is 12.6. The second-order valence-electron chi connectivity index (χ2n) is 6.70. The molecule has 122 valence electrons. The van der Waals surface area contributed by atoms with Gasteiger partial charge in [-0.2, -0.15) is 0 Å². The molecule has 1 aromatic rings. The van der Waals surface area contributed by atoms with E-state index in [9.17, 15) is 9.59 Å². The number of carbonyl (C=O) groups excluding carboxylic acids is 2. The molecule has 1 aromatic carbocycles. The SMILES string of the molecule is CC(C)C[C@H](NC(=O)OC(C)(C)C)C(=O)c1cccc(Br)c1. The van der Waals surface area contributed by atoms with E-state index in [0.29, 0.717) is 12.0 Å². The third-order valence-corrected chi connectivity index (χ3v) is 3.32. The van der Waals surface area contributed by atoms with Crippen molar-refractivity contribution in [2.24, 2.45) is 5.92 Å². The van der Waals surface area contributed by atoms with Crippen LogP contribution in [0.3, 0.4) is 0 Å². The molecule has 0 spiro atoms. The van der Waals surface area contributed by atoms with Gasteiger partial charge in [0, 0.05) is 10.0 Å².